The van der Waals surface area contributed by atoms with Crippen molar-refractivity contribution in [2.45, 2.75) is 63.4 Å². The predicted molar refractivity (Wildman–Crippen MR) is 115 cm³/mol. The summed E-state index contributed by atoms with van der Waals surface area (Å²) >= 11 is 0. The summed E-state index contributed by atoms with van der Waals surface area (Å²) in [5.74, 6) is -0.430. The molecule has 0 amide bonds. The molecule has 1 saturated carbocycles. The smallest absolute Gasteiger partial charge is 0.255 e. The van der Waals surface area contributed by atoms with Gasteiger partial charge in [0.05, 0.1) is 19.3 Å². The topological polar surface area (TPSA) is 117 Å². The van der Waals surface area contributed by atoms with Crippen molar-refractivity contribution in [2.24, 2.45) is 0 Å². The minimum Gasteiger partial charge on any atom is -0.388 e. The zero-order valence-electron chi connectivity index (χ0n) is 24.6. The molecule has 164 valence electrons. The number of piperidine rings is 1. The number of aryl methyl sites for hydroxylation is 1. The van der Waals surface area contributed by atoms with Crippen molar-refractivity contribution < 1.29 is 24.5 Å². The maximum absolute atomic E-state index is 13.4. The van der Waals surface area contributed by atoms with Gasteiger partial charge in [0, 0.05) is 45.8 Å². The molecule has 2 aromatic heterocycles. The van der Waals surface area contributed by atoms with E-state index < -0.39 is 77.4 Å². The van der Waals surface area contributed by atoms with E-state index in [0.29, 0.717) is 23.6 Å². The van der Waals surface area contributed by atoms with Crippen LogP contribution in [0.15, 0.2) is 17.1 Å². The molecule has 0 radical (unpaired) electrons. The molecule has 1 aliphatic heterocycles. The maximum atomic E-state index is 13.4. The van der Waals surface area contributed by atoms with Crippen molar-refractivity contribution >= 4 is 27.0 Å². The van der Waals surface area contributed by atoms with Gasteiger partial charge in [0.15, 0.2) is 0 Å². The lowest BCUT2D eigenvalue weighted by Crippen LogP contribution is -2.42. The largest absolute Gasteiger partial charge is 0.388 e. The van der Waals surface area contributed by atoms with Crippen molar-refractivity contribution in [1.29, 1.82) is 0 Å². The van der Waals surface area contributed by atoms with Crippen LogP contribution in [0.4, 0.5) is 5.95 Å². The molecular formula is C20H29N5O4S. The Morgan fingerprint density at radius 3 is 2.77 bits per heavy atom. The fourth-order valence-electron chi connectivity index (χ4n) is 3.90. The van der Waals surface area contributed by atoms with Gasteiger partial charge in [0.2, 0.25) is 16.0 Å². The standard InChI is InChI=1S/C20H29N5O4S/c1-13-11-14-12-21-19(22-15-6-9-24(10-7-15)30(3,28)29)23-17(14)25(18(13)26)16-5-4-8-20(16,2)27/h11-12,15-16,27H,4-10H2,1-3H3,(H,21,22,23)/t16-,20-/m1/s1/i1D3,6D2,7D2,15D. The lowest BCUT2D eigenvalue weighted by molar-refractivity contribution is 0.0266. The number of nitrogens with one attached hydrogen (secondary N) is 1. The molecule has 0 bridgehead atoms. The van der Waals surface area contributed by atoms with Crippen LogP contribution in [0.3, 0.4) is 0 Å². The molecule has 9 nitrogen and oxygen atoms in total. The molecule has 2 N–H and O–H groups in total. The van der Waals surface area contributed by atoms with Crippen LogP contribution in [-0.2, 0) is 10.0 Å². The van der Waals surface area contributed by atoms with Gasteiger partial charge in [0.1, 0.15) is 5.65 Å². The highest BCUT2D eigenvalue weighted by molar-refractivity contribution is 7.88. The van der Waals surface area contributed by atoms with Crippen molar-refractivity contribution in [2.75, 3.05) is 24.7 Å². The lowest BCUT2D eigenvalue weighted by atomic mass is 9.99. The third-order valence-corrected chi connectivity index (χ3v) is 6.73. The Morgan fingerprint density at radius 1 is 1.43 bits per heavy atom. The first kappa shape index (κ1) is 13.4. The minimum absolute atomic E-state index is 0.0778. The van der Waals surface area contributed by atoms with Gasteiger partial charge in [0.25, 0.3) is 5.56 Å². The van der Waals surface area contributed by atoms with Crippen LogP contribution < -0.4 is 10.9 Å². The molecule has 0 spiro atoms. The molecule has 2 aromatic rings. The first-order valence-electron chi connectivity index (χ1n) is 13.5. The molecule has 1 saturated heterocycles. The van der Waals surface area contributed by atoms with Crippen LogP contribution >= 0.6 is 0 Å². The third kappa shape index (κ3) is 3.95. The van der Waals surface area contributed by atoms with E-state index in [4.69, 9.17) is 11.0 Å². The van der Waals surface area contributed by atoms with E-state index in [0.717, 1.165) is 16.9 Å². The van der Waals surface area contributed by atoms with E-state index in [1.807, 2.05) is 0 Å². The molecule has 2 aliphatic rings. The molecule has 3 heterocycles. The van der Waals surface area contributed by atoms with Crippen LogP contribution in [0.2, 0.25) is 0 Å². The number of hydrogen-bond acceptors (Lipinski definition) is 7. The van der Waals surface area contributed by atoms with E-state index in [2.05, 4.69) is 15.3 Å². The molecule has 2 atom stereocenters. The molecule has 1 aliphatic carbocycles. The fraction of sp³-hybridized carbons (Fsp3) is 0.650. The van der Waals surface area contributed by atoms with Gasteiger partial charge < -0.3 is 10.4 Å². The first-order chi connectivity index (χ1) is 17.1. The van der Waals surface area contributed by atoms with Gasteiger partial charge in [-0.25, -0.2) is 17.7 Å². The molecule has 10 heteroatoms. The van der Waals surface area contributed by atoms with Crippen LogP contribution in [0.1, 0.15) is 61.5 Å². The number of aliphatic hydroxyl groups is 1. The second kappa shape index (κ2) is 7.58. The second-order valence-corrected chi connectivity index (χ2v) is 9.84. The maximum Gasteiger partial charge on any atom is 0.255 e. The Labute approximate surface area is 187 Å². The number of nitrogens with zero attached hydrogens (tertiary/aromatic N) is 4. The second-order valence-electron chi connectivity index (χ2n) is 7.86. The summed E-state index contributed by atoms with van der Waals surface area (Å²) in [6.07, 6.45) is -2.25. The first-order valence-corrected chi connectivity index (χ1v) is 11.3. The number of rotatable bonds is 4. The molecule has 30 heavy (non-hydrogen) atoms. The van der Waals surface area contributed by atoms with Gasteiger partial charge in [-0.3, -0.25) is 9.36 Å². The summed E-state index contributed by atoms with van der Waals surface area (Å²) in [5.41, 5.74) is -2.81. The number of hydrogen-bond donors (Lipinski definition) is 2. The number of aromatic nitrogens is 3. The Hall–Kier alpha value is -2.04. The van der Waals surface area contributed by atoms with E-state index in [9.17, 15) is 18.3 Å². The molecule has 4 rings (SSSR count). The summed E-state index contributed by atoms with van der Waals surface area (Å²) in [6, 6.07) is -2.46. The van der Waals surface area contributed by atoms with Crippen LogP contribution in [-0.4, -0.2) is 63.3 Å². The van der Waals surface area contributed by atoms with Crippen LogP contribution in [0, 0.1) is 6.85 Å². The van der Waals surface area contributed by atoms with E-state index >= 15 is 0 Å². The predicted octanol–water partition coefficient (Wildman–Crippen LogP) is 1.41. The highest BCUT2D eigenvalue weighted by Gasteiger charge is 2.39. The summed E-state index contributed by atoms with van der Waals surface area (Å²) < 4.78 is 91.4. The van der Waals surface area contributed by atoms with Crippen molar-refractivity contribution in [3.05, 3.63) is 28.2 Å². The Balaban J connectivity index is 1.88. The summed E-state index contributed by atoms with van der Waals surface area (Å²) in [5, 5.41) is 13.5. The highest BCUT2D eigenvalue weighted by atomic mass is 32.2. The molecular weight excluding hydrogens is 406 g/mol. The van der Waals surface area contributed by atoms with Crippen LogP contribution in [0.25, 0.3) is 11.0 Å². The number of pyridine rings is 1. The van der Waals surface area contributed by atoms with Gasteiger partial charge >= 0.3 is 0 Å². The van der Waals surface area contributed by atoms with E-state index in [1.54, 1.807) is 0 Å². The number of fused-ring (bicyclic) bond motifs is 1. The monoisotopic (exact) mass is 443 g/mol. The van der Waals surface area contributed by atoms with Gasteiger partial charge in [-0.1, -0.05) is 0 Å². The fourth-order valence-corrected chi connectivity index (χ4v) is 4.49. The average molecular weight is 444 g/mol. The average Bonchev–Trinajstić information content (AvgIpc) is 3.08. The molecule has 0 aromatic carbocycles. The summed E-state index contributed by atoms with van der Waals surface area (Å²) in [4.78, 5) is 21.7. The number of sulfonamides is 1. The lowest BCUT2D eigenvalue weighted by Gasteiger charge is -2.31. The van der Waals surface area contributed by atoms with E-state index in [-0.39, 0.29) is 11.0 Å². The van der Waals surface area contributed by atoms with Crippen molar-refractivity contribution in [3.8, 4) is 0 Å². The van der Waals surface area contributed by atoms with Crippen molar-refractivity contribution in [3.63, 3.8) is 0 Å². The normalized spacial score (nSPS) is 35.1. The third-order valence-electron chi connectivity index (χ3n) is 5.53. The molecule has 2 fully saturated rings. The zero-order valence-corrected chi connectivity index (χ0v) is 17.5. The number of anilines is 1. The summed E-state index contributed by atoms with van der Waals surface area (Å²) in [7, 11) is -3.96. The highest BCUT2D eigenvalue weighted by Crippen LogP contribution is 2.39. The summed E-state index contributed by atoms with van der Waals surface area (Å²) in [6.45, 7) is -2.83. The van der Waals surface area contributed by atoms with Gasteiger partial charge in [-0.05, 0) is 51.9 Å². The van der Waals surface area contributed by atoms with Gasteiger partial charge in [-0.2, -0.15) is 4.98 Å². The zero-order chi connectivity index (χ0) is 28.7. The van der Waals surface area contributed by atoms with Crippen LogP contribution in [0.5, 0.6) is 0 Å². The Morgan fingerprint density at radius 2 is 2.17 bits per heavy atom. The van der Waals surface area contributed by atoms with Gasteiger partial charge in [-0.15, -0.1) is 0 Å². The Bertz CT molecular complexity index is 1430. The Kier molecular flexibility index (Phi) is 3.38. The minimum atomic E-state index is -3.96. The van der Waals surface area contributed by atoms with E-state index in [1.165, 1.54) is 13.1 Å². The quantitative estimate of drug-likeness (QED) is 0.734. The van der Waals surface area contributed by atoms with Crippen molar-refractivity contribution in [1.82, 2.24) is 18.8 Å². The SMILES string of the molecule is [2H]C([2H])([2H])c1cc2cnc(NC3([2H])C([2H])([2H])CN(S(C)(=O)=O)CC3([2H])[2H])nc2n([C@@H]2CCC[C@@]2(C)O)c1=O. The molecule has 0 unspecified atom stereocenters.